The first-order valence-corrected chi connectivity index (χ1v) is 6.07. The minimum absolute atomic E-state index is 0.115. The van der Waals surface area contributed by atoms with Gasteiger partial charge in [0.25, 0.3) is 5.56 Å². The molecular weight excluding hydrogens is 224 g/mol. The molecule has 1 aliphatic rings. The number of nitrogens with zero attached hydrogens (tertiary/aromatic N) is 1. The second-order valence-electron chi connectivity index (χ2n) is 4.81. The Balaban J connectivity index is 2.37. The van der Waals surface area contributed by atoms with Gasteiger partial charge in [0.15, 0.2) is 0 Å². The molecule has 1 fully saturated rings. The number of nitrogens with one attached hydrogen (secondary N) is 1. The minimum atomic E-state index is 0.115. The maximum Gasteiger partial charge on any atom is 0.254 e. The van der Waals surface area contributed by atoms with E-state index in [0.29, 0.717) is 10.9 Å². The van der Waals surface area contributed by atoms with Gasteiger partial charge < -0.3 is 9.88 Å². The summed E-state index contributed by atoms with van der Waals surface area (Å²) < 4.78 is 1.77. The van der Waals surface area contributed by atoms with Gasteiger partial charge in [-0.15, -0.1) is 0 Å². The average Bonchev–Trinajstić information content (AvgIpc) is 2.09. The molecule has 0 spiro atoms. The van der Waals surface area contributed by atoms with Crippen LogP contribution in [0.25, 0.3) is 0 Å². The Hall–Kier alpha value is -0.800. The predicted molar refractivity (Wildman–Crippen MR) is 66.2 cm³/mol. The van der Waals surface area contributed by atoms with Crippen molar-refractivity contribution in [1.29, 1.82) is 0 Å². The summed E-state index contributed by atoms with van der Waals surface area (Å²) in [6.07, 6.45) is 2.54. The van der Waals surface area contributed by atoms with E-state index in [-0.39, 0.29) is 11.6 Å². The van der Waals surface area contributed by atoms with Gasteiger partial charge in [-0.05, 0) is 18.4 Å². The van der Waals surface area contributed by atoms with Crippen molar-refractivity contribution in [3.05, 3.63) is 33.2 Å². The van der Waals surface area contributed by atoms with Crippen LogP contribution in [-0.4, -0.2) is 17.7 Å². The predicted octanol–water partition coefficient (Wildman–Crippen LogP) is 1.84. The molecule has 88 valence electrons. The highest BCUT2D eigenvalue weighted by atomic mass is 35.5. The molecule has 0 atom stereocenters. The SMILES string of the molecule is CC(C)Cc1cc(Cl)cn(C2CNC2)c1=O. The number of hydrogen-bond acceptors (Lipinski definition) is 2. The quantitative estimate of drug-likeness (QED) is 0.875. The molecule has 0 saturated carbocycles. The third-order valence-corrected chi connectivity index (χ3v) is 3.07. The number of aromatic nitrogens is 1. The van der Waals surface area contributed by atoms with Crippen molar-refractivity contribution < 1.29 is 0 Å². The summed E-state index contributed by atoms with van der Waals surface area (Å²) in [5, 5.41) is 3.82. The topological polar surface area (TPSA) is 34.0 Å². The molecule has 1 aromatic rings. The van der Waals surface area contributed by atoms with Crippen molar-refractivity contribution >= 4 is 11.6 Å². The summed E-state index contributed by atoms with van der Waals surface area (Å²) in [6, 6.07) is 2.07. The van der Waals surface area contributed by atoms with Gasteiger partial charge >= 0.3 is 0 Å². The van der Waals surface area contributed by atoms with Crippen LogP contribution in [-0.2, 0) is 6.42 Å². The van der Waals surface area contributed by atoms with Crippen molar-refractivity contribution in [3.8, 4) is 0 Å². The molecule has 2 rings (SSSR count). The Kier molecular flexibility index (Phi) is 3.36. The van der Waals surface area contributed by atoms with Gasteiger partial charge in [-0.25, -0.2) is 0 Å². The average molecular weight is 241 g/mol. The van der Waals surface area contributed by atoms with Gasteiger partial charge in [-0.2, -0.15) is 0 Å². The van der Waals surface area contributed by atoms with Gasteiger partial charge in [0.1, 0.15) is 0 Å². The van der Waals surface area contributed by atoms with Crippen LogP contribution in [0.5, 0.6) is 0 Å². The second-order valence-corrected chi connectivity index (χ2v) is 5.24. The first kappa shape index (κ1) is 11.7. The van der Waals surface area contributed by atoms with Crippen LogP contribution >= 0.6 is 11.6 Å². The highest BCUT2D eigenvalue weighted by Crippen LogP contribution is 2.16. The van der Waals surface area contributed by atoms with E-state index >= 15 is 0 Å². The van der Waals surface area contributed by atoms with Crippen LogP contribution < -0.4 is 10.9 Å². The maximum absolute atomic E-state index is 12.2. The zero-order chi connectivity index (χ0) is 11.7. The lowest BCUT2D eigenvalue weighted by Gasteiger charge is -2.29. The number of pyridine rings is 1. The maximum atomic E-state index is 12.2. The summed E-state index contributed by atoms with van der Waals surface area (Å²) in [4.78, 5) is 12.2. The number of halogens is 1. The number of hydrogen-bond donors (Lipinski definition) is 1. The van der Waals surface area contributed by atoms with Crippen molar-refractivity contribution in [3.63, 3.8) is 0 Å². The summed E-state index contributed by atoms with van der Waals surface area (Å²) in [6.45, 7) is 5.94. The Morgan fingerprint density at radius 2 is 2.25 bits per heavy atom. The lowest BCUT2D eigenvalue weighted by Crippen LogP contribution is -2.47. The van der Waals surface area contributed by atoms with Crippen molar-refractivity contribution in [1.82, 2.24) is 9.88 Å². The van der Waals surface area contributed by atoms with E-state index in [2.05, 4.69) is 19.2 Å². The molecule has 1 N–H and O–H groups in total. The third-order valence-electron chi connectivity index (χ3n) is 2.87. The van der Waals surface area contributed by atoms with Crippen LogP contribution in [0, 0.1) is 5.92 Å². The van der Waals surface area contributed by atoms with Crippen LogP contribution in [0.1, 0.15) is 25.5 Å². The molecule has 0 aromatic carbocycles. The lowest BCUT2D eigenvalue weighted by atomic mass is 10.0. The smallest absolute Gasteiger partial charge is 0.254 e. The second kappa shape index (κ2) is 4.60. The van der Waals surface area contributed by atoms with Gasteiger partial charge in [0.2, 0.25) is 0 Å². The van der Waals surface area contributed by atoms with E-state index in [4.69, 9.17) is 11.6 Å². The van der Waals surface area contributed by atoms with Crippen molar-refractivity contribution in [2.24, 2.45) is 5.92 Å². The molecular formula is C12H17ClN2O. The van der Waals surface area contributed by atoms with Crippen LogP contribution in [0.4, 0.5) is 0 Å². The molecule has 16 heavy (non-hydrogen) atoms. The molecule has 0 radical (unpaired) electrons. The fourth-order valence-electron chi connectivity index (χ4n) is 1.95. The zero-order valence-electron chi connectivity index (χ0n) is 9.66. The van der Waals surface area contributed by atoms with Gasteiger partial charge in [-0.3, -0.25) is 4.79 Å². The standard InChI is InChI=1S/C12H17ClN2O/c1-8(2)3-9-4-10(13)7-15(12(9)16)11-5-14-6-11/h4,7-8,11,14H,3,5-6H2,1-2H3. The largest absolute Gasteiger partial charge is 0.313 e. The molecule has 1 saturated heterocycles. The Morgan fingerprint density at radius 3 is 2.75 bits per heavy atom. The van der Waals surface area contributed by atoms with Gasteiger partial charge in [0.05, 0.1) is 11.1 Å². The third kappa shape index (κ3) is 2.30. The molecule has 0 unspecified atom stereocenters. The molecule has 2 heterocycles. The monoisotopic (exact) mass is 240 g/mol. The van der Waals surface area contributed by atoms with Gasteiger partial charge in [-0.1, -0.05) is 25.4 Å². The van der Waals surface area contributed by atoms with Crippen LogP contribution in [0.2, 0.25) is 5.02 Å². The summed E-state index contributed by atoms with van der Waals surface area (Å²) >= 11 is 6.05. The fourth-order valence-corrected chi connectivity index (χ4v) is 2.19. The Labute approximate surface area is 100 Å². The van der Waals surface area contributed by atoms with E-state index in [1.54, 1.807) is 16.8 Å². The number of rotatable bonds is 3. The van der Waals surface area contributed by atoms with E-state index in [9.17, 15) is 4.79 Å². The van der Waals surface area contributed by atoms with Crippen LogP contribution in [0.3, 0.4) is 0 Å². The first-order chi connectivity index (χ1) is 7.58. The van der Waals surface area contributed by atoms with E-state index < -0.39 is 0 Å². The first-order valence-electron chi connectivity index (χ1n) is 5.69. The summed E-state index contributed by atoms with van der Waals surface area (Å²) in [7, 11) is 0. The van der Waals surface area contributed by atoms with E-state index in [0.717, 1.165) is 25.1 Å². The highest BCUT2D eigenvalue weighted by Gasteiger charge is 2.21. The Morgan fingerprint density at radius 1 is 1.56 bits per heavy atom. The minimum Gasteiger partial charge on any atom is -0.313 e. The molecule has 3 nitrogen and oxygen atoms in total. The molecule has 4 heteroatoms. The fraction of sp³-hybridized carbons (Fsp3) is 0.583. The van der Waals surface area contributed by atoms with Crippen molar-refractivity contribution in [2.45, 2.75) is 26.3 Å². The van der Waals surface area contributed by atoms with Gasteiger partial charge in [0, 0.05) is 24.8 Å². The molecule has 0 aliphatic carbocycles. The van der Waals surface area contributed by atoms with Crippen molar-refractivity contribution in [2.75, 3.05) is 13.1 Å². The molecule has 1 aliphatic heterocycles. The summed E-state index contributed by atoms with van der Waals surface area (Å²) in [5.41, 5.74) is 0.944. The zero-order valence-corrected chi connectivity index (χ0v) is 10.4. The van der Waals surface area contributed by atoms with E-state index in [1.165, 1.54) is 0 Å². The molecule has 0 amide bonds. The summed E-state index contributed by atoms with van der Waals surface area (Å²) in [5.74, 6) is 0.471. The highest BCUT2D eigenvalue weighted by molar-refractivity contribution is 6.30. The molecule has 1 aromatic heterocycles. The normalized spacial score (nSPS) is 16.5. The van der Waals surface area contributed by atoms with Crippen LogP contribution in [0.15, 0.2) is 17.1 Å². The lowest BCUT2D eigenvalue weighted by molar-refractivity contribution is 0.334. The Bertz CT molecular complexity index is 435. The van der Waals surface area contributed by atoms with E-state index in [1.807, 2.05) is 0 Å². The molecule has 0 bridgehead atoms.